The van der Waals surface area contributed by atoms with Crippen molar-refractivity contribution in [1.82, 2.24) is 0 Å². The fourth-order valence-corrected chi connectivity index (χ4v) is 1.61. The van der Waals surface area contributed by atoms with Gasteiger partial charge in [-0.3, -0.25) is 4.18 Å². The quantitative estimate of drug-likeness (QED) is 0.399. The smallest absolute Gasteiger partial charge is 0.264 e. The molecule has 0 saturated heterocycles. The van der Waals surface area contributed by atoms with Crippen LogP contribution in [-0.4, -0.2) is 62.8 Å². The van der Waals surface area contributed by atoms with Crippen molar-refractivity contribution in [2.75, 3.05) is 18.7 Å². The van der Waals surface area contributed by atoms with Gasteiger partial charge in [0, 0.05) is 29.8 Å². The second-order valence-corrected chi connectivity index (χ2v) is 6.27. The van der Waals surface area contributed by atoms with E-state index in [1.54, 1.807) is 0 Å². The third-order valence-corrected chi connectivity index (χ3v) is 2.37. The van der Waals surface area contributed by atoms with Crippen LogP contribution in [0, 0.1) is 0 Å². The minimum Gasteiger partial charge on any atom is -0.371 e. The predicted molar refractivity (Wildman–Crippen MR) is 66.5 cm³/mol. The normalized spacial score (nSPS) is 14.3. The molecular weight excluding hydrogens is 358 g/mol. The maximum absolute atomic E-state index is 10.7. The van der Waals surface area contributed by atoms with Gasteiger partial charge in [-0.2, -0.15) is 8.42 Å². The van der Waals surface area contributed by atoms with Crippen molar-refractivity contribution in [1.29, 1.82) is 0 Å². The van der Waals surface area contributed by atoms with Crippen LogP contribution in [-0.2, 0) is 19.0 Å². The Bertz CT molecular complexity index is 274. The molecule has 0 spiro atoms. The first-order valence-corrected chi connectivity index (χ1v) is 7.07. The first-order chi connectivity index (χ1) is 6.64. The largest absolute Gasteiger partial charge is 0.371 e. The number of hydrogen-bond acceptors (Lipinski definition) is 4. The van der Waals surface area contributed by atoms with Crippen molar-refractivity contribution < 1.29 is 17.3 Å². The molecule has 0 aliphatic carbocycles. The summed E-state index contributed by atoms with van der Waals surface area (Å²) < 4.78 is 31.6. The van der Waals surface area contributed by atoms with Gasteiger partial charge in [0.15, 0.2) is 0 Å². The van der Waals surface area contributed by atoms with Gasteiger partial charge in [0.2, 0.25) is 0 Å². The Morgan fingerprint density at radius 3 is 2.12 bits per heavy atom. The van der Waals surface area contributed by atoms with Gasteiger partial charge in [0.1, 0.15) is 0 Å². The number of hydrogen-bond donors (Lipinski definition) is 0. The molecule has 0 rings (SSSR count). The number of alkyl halides is 1. The Hall–Kier alpha value is 0.959. The molecule has 0 heterocycles. The van der Waals surface area contributed by atoms with Crippen LogP contribution in [0.4, 0.5) is 0 Å². The van der Waals surface area contributed by atoms with Gasteiger partial charge >= 0.3 is 0 Å². The Balaban J connectivity index is 0. The fourth-order valence-electron chi connectivity index (χ4n) is 0.999. The Morgan fingerprint density at radius 2 is 1.81 bits per heavy atom. The van der Waals surface area contributed by atoms with E-state index in [1.807, 2.05) is 20.8 Å². The van der Waals surface area contributed by atoms with Gasteiger partial charge in [0.25, 0.3) is 10.1 Å². The third-order valence-electron chi connectivity index (χ3n) is 1.43. The van der Waals surface area contributed by atoms with Gasteiger partial charge in [-0.05, 0) is 27.2 Å². The molecule has 1 atom stereocenters. The van der Waals surface area contributed by atoms with E-state index in [0.717, 1.165) is 6.26 Å². The molecule has 4 radical (unpaired) electrons. The molecule has 0 unspecified atom stereocenters. The molecule has 0 aliphatic heterocycles. The van der Waals surface area contributed by atoms with E-state index in [4.69, 9.17) is 16.3 Å². The van der Waals surface area contributed by atoms with Gasteiger partial charge in [-0.15, -0.1) is 11.6 Å². The van der Waals surface area contributed by atoms with Gasteiger partial charge in [-0.25, -0.2) is 0 Å². The second-order valence-electron chi connectivity index (χ2n) is 4.32. The molecule has 4 nitrogen and oxygen atoms in total. The van der Waals surface area contributed by atoms with E-state index >= 15 is 0 Å². The Kier molecular flexibility index (Phi) is 9.81. The topological polar surface area (TPSA) is 52.6 Å². The fraction of sp³-hybridized carbons (Fsp3) is 1.00. The summed E-state index contributed by atoms with van der Waals surface area (Å²) in [4.78, 5) is 0. The third kappa shape index (κ3) is 13.0. The van der Waals surface area contributed by atoms with E-state index < -0.39 is 10.1 Å². The minimum absolute atomic E-state index is 0. The van der Waals surface area contributed by atoms with Gasteiger partial charge < -0.3 is 4.74 Å². The number of ether oxygens (including phenoxy) is 1. The van der Waals surface area contributed by atoms with Crippen molar-refractivity contribution in [3.8, 4) is 0 Å². The van der Waals surface area contributed by atoms with Crippen LogP contribution in [0.25, 0.3) is 0 Å². The molecular formula is C9H19ClO4SSn. The van der Waals surface area contributed by atoms with E-state index in [2.05, 4.69) is 4.18 Å². The molecule has 0 saturated carbocycles. The van der Waals surface area contributed by atoms with Gasteiger partial charge in [0.05, 0.1) is 24.6 Å². The van der Waals surface area contributed by atoms with Crippen LogP contribution < -0.4 is 0 Å². The molecule has 0 aromatic rings. The molecule has 0 aromatic carbocycles. The molecule has 0 fully saturated rings. The van der Waals surface area contributed by atoms with Crippen molar-refractivity contribution in [3.05, 3.63) is 0 Å². The number of halogens is 1. The maximum Gasteiger partial charge on any atom is 0.264 e. The number of rotatable bonds is 6. The summed E-state index contributed by atoms with van der Waals surface area (Å²) in [6.07, 6.45) is 1.30. The Labute approximate surface area is 120 Å². The molecule has 16 heavy (non-hydrogen) atoms. The van der Waals surface area contributed by atoms with Crippen molar-refractivity contribution >= 4 is 45.6 Å². The van der Waals surface area contributed by atoms with Gasteiger partial charge in [-0.1, -0.05) is 0 Å². The molecule has 0 aromatic heterocycles. The summed E-state index contributed by atoms with van der Waals surface area (Å²) in [5, 5.41) is 0. The minimum atomic E-state index is -3.37. The van der Waals surface area contributed by atoms with Crippen LogP contribution in [0.15, 0.2) is 0 Å². The van der Waals surface area contributed by atoms with Crippen LogP contribution in [0.3, 0.4) is 0 Å². The van der Waals surface area contributed by atoms with Crippen LogP contribution in [0.2, 0.25) is 0 Å². The summed E-state index contributed by atoms with van der Waals surface area (Å²) >= 11 is 5.69. The zero-order chi connectivity index (χ0) is 12.1. The van der Waals surface area contributed by atoms with Crippen LogP contribution >= 0.6 is 11.6 Å². The average Bonchev–Trinajstić information content (AvgIpc) is 1.97. The average molecular weight is 377 g/mol. The van der Waals surface area contributed by atoms with E-state index in [1.165, 1.54) is 0 Å². The first-order valence-electron chi connectivity index (χ1n) is 4.72. The first kappa shape index (κ1) is 19.3. The predicted octanol–water partition coefficient (Wildman–Crippen LogP) is 1.39. The van der Waals surface area contributed by atoms with Crippen molar-refractivity contribution in [2.24, 2.45) is 0 Å². The molecule has 0 amide bonds. The Morgan fingerprint density at radius 1 is 1.31 bits per heavy atom. The summed E-state index contributed by atoms with van der Waals surface area (Å²) in [7, 11) is -3.37. The molecule has 7 heteroatoms. The maximum atomic E-state index is 10.7. The summed E-state index contributed by atoms with van der Waals surface area (Å²) in [5.41, 5.74) is -0.287. The van der Waals surface area contributed by atoms with E-state index in [-0.39, 0.29) is 42.2 Å². The monoisotopic (exact) mass is 378 g/mol. The summed E-state index contributed by atoms with van der Waals surface area (Å²) in [6, 6.07) is 0. The molecule has 96 valence electrons. The van der Waals surface area contributed by atoms with Crippen molar-refractivity contribution in [2.45, 2.75) is 38.9 Å². The summed E-state index contributed by atoms with van der Waals surface area (Å²) in [6.45, 7) is 5.87. The second kappa shape index (κ2) is 8.13. The standard InChI is InChI=1S/C9H19ClO4S.Sn/c1-9(2,3)14-8(7-10)5-6-13-15(4,11)12;/h8H,5-7H2,1-4H3;/t8-;/m0./s1. The zero-order valence-corrected chi connectivity index (χ0v) is 14.5. The molecule has 0 aliphatic rings. The van der Waals surface area contributed by atoms with Crippen LogP contribution in [0.5, 0.6) is 0 Å². The van der Waals surface area contributed by atoms with E-state index in [0.29, 0.717) is 12.3 Å². The SMILES string of the molecule is CC(C)(C)O[C@H](CCl)CCOS(C)(=O)=O.[Sn]. The summed E-state index contributed by atoms with van der Waals surface area (Å²) in [5.74, 6) is 0.324. The molecule has 0 N–H and O–H groups in total. The van der Waals surface area contributed by atoms with Crippen LogP contribution in [0.1, 0.15) is 27.2 Å². The zero-order valence-electron chi connectivity index (χ0n) is 10.1. The van der Waals surface area contributed by atoms with Crippen molar-refractivity contribution in [3.63, 3.8) is 0 Å². The van der Waals surface area contributed by atoms with E-state index in [9.17, 15) is 8.42 Å². The molecule has 0 bridgehead atoms.